The van der Waals surface area contributed by atoms with Crippen LogP contribution in [0.5, 0.6) is 5.75 Å². The molecule has 0 spiro atoms. The molecule has 7 nitrogen and oxygen atoms in total. The highest BCUT2D eigenvalue weighted by Crippen LogP contribution is 2.18. The largest absolute Gasteiger partial charge is 0.489 e. The van der Waals surface area contributed by atoms with Gasteiger partial charge in [0, 0.05) is 25.0 Å². The Morgan fingerprint density at radius 2 is 1.87 bits per heavy atom. The predicted octanol–water partition coefficient (Wildman–Crippen LogP) is 3.18. The van der Waals surface area contributed by atoms with Gasteiger partial charge in [-0.2, -0.15) is 0 Å². The number of amides is 2. The first-order chi connectivity index (χ1) is 14.3. The molecule has 2 aromatic rings. The van der Waals surface area contributed by atoms with E-state index in [-0.39, 0.29) is 23.8 Å². The molecule has 0 bridgehead atoms. The monoisotopic (exact) mass is 413 g/mol. The van der Waals surface area contributed by atoms with Crippen molar-refractivity contribution in [1.29, 1.82) is 0 Å². The van der Waals surface area contributed by atoms with Crippen LogP contribution < -0.4 is 10.1 Å². The van der Waals surface area contributed by atoms with Gasteiger partial charge in [-0.15, -0.1) is 0 Å². The lowest BCUT2D eigenvalue weighted by Crippen LogP contribution is -2.47. The lowest BCUT2D eigenvalue weighted by atomic mass is 10.0. The minimum Gasteiger partial charge on any atom is -0.489 e. The van der Waals surface area contributed by atoms with Gasteiger partial charge in [0.25, 0.3) is 0 Å². The Hall–Kier alpha value is -2.83. The van der Waals surface area contributed by atoms with E-state index in [4.69, 9.17) is 9.26 Å². The van der Waals surface area contributed by atoms with Gasteiger partial charge < -0.3 is 19.5 Å². The van der Waals surface area contributed by atoms with E-state index in [1.807, 2.05) is 56.9 Å². The maximum absolute atomic E-state index is 12.4. The highest BCUT2D eigenvalue weighted by Gasteiger charge is 2.25. The lowest BCUT2D eigenvalue weighted by Gasteiger charge is -2.33. The van der Waals surface area contributed by atoms with Gasteiger partial charge in [0.15, 0.2) is 0 Å². The first kappa shape index (κ1) is 21.9. The van der Waals surface area contributed by atoms with E-state index in [0.29, 0.717) is 26.1 Å². The Kier molecular flexibility index (Phi) is 7.13. The van der Waals surface area contributed by atoms with Crippen LogP contribution >= 0.6 is 0 Å². The summed E-state index contributed by atoms with van der Waals surface area (Å²) in [5.41, 5.74) is 2.73. The Balaban J connectivity index is 1.43. The summed E-state index contributed by atoms with van der Waals surface area (Å²) in [6.07, 6.45) is 1.94. The third-order valence-corrected chi connectivity index (χ3v) is 5.52. The number of rotatable bonds is 7. The Bertz CT molecular complexity index is 846. The maximum atomic E-state index is 12.4. The molecule has 0 radical (unpaired) electrons. The summed E-state index contributed by atoms with van der Waals surface area (Å²) in [5.74, 6) is 1.72. The number of benzene rings is 1. The lowest BCUT2D eigenvalue weighted by molar-refractivity contribution is -0.135. The van der Waals surface area contributed by atoms with Gasteiger partial charge in [0.2, 0.25) is 11.8 Å². The van der Waals surface area contributed by atoms with Crippen molar-refractivity contribution in [3.8, 4) is 5.75 Å². The van der Waals surface area contributed by atoms with E-state index in [1.54, 1.807) is 0 Å². The topological polar surface area (TPSA) is 84.7 Å². The molecule has 1 aliphatic rings. The van der Waals surface area contributed by atoms with Crippen LogP contribution in [0, 0.1) is 19.8 Å². The zero-order valence-corrected chi connectivity index (χ0v) is 18.2. The van der Waals surface area contributed by atoms with Crippen molar-refractivity contribution >= 4 is 11.8 Å². The number of aryl methyl sites for hydroxylation is 2. The number of piperidine rings is 1. The number of hydrogen-bond acceptors (Lipinski definition) is 5. The van der Waals surface area contributed by atoms with E-state index in [2.05, 4.69) is 10.5 Å². The molecule has 0 saturated carbocycles. The summed E-state index contributed by atoms with van der Waals surface area (Å²) in [5, 5.41) is 7.03. The molecule has 1 aromatic carbocycles. The molecule has 7 heteroatoms. The SMILES string of the molecule is Cc1noc(C)c1COc1ccc(CC(=O)NC2CCN(C(=O)C(C)C)CC2)cc1. The number of ether oxygens (including phenoxy) is 1. The Labute approximate surface area is 177 Å². The van der Waals surface area contributed by atoms with Crippen molar-refractivity contribution in [3.05, 3.63) is 46.8 Å². The molecule has 2 heterocycles. The molecule has 1 N–H and O–H groups in total. The van der Waals surface area contributed by atoms with Gasteiger partial charge in [-0.3, -0.25) is 9.59 Å². The van der Waals surface area contributed by atoms with Crippen molar-refractivity contribution < 1.29 is 18.8 Å². The number of aromatic nitrogens is 1. The smallest absolute Gasteiger partial charge is 0.225 e. The van der Waals surface area contributed by atoms with Gasteiger partial charge in [-0.05, 0) is 44.4 Å². The van der Waals surface area contributed by atoms with Crippen molar-refractivity contribution in [1.82, 2.24) is 15.4 Å². The summed E-state index contributed by atoms with van der Waals surface area (Å²) in [7, 11) is 0. The summed E-state index contributed by atoms with van der Waals surface area (Å²) >= 11 is 0. The molecule has 1 fully saturated rings. The molecule has 1 saturated heterocycles. The molecule has 1 aliphatic heterocycles. The second-order valence-electron chi connectivity index (χ2n) is 8.23. The molecule has 0 atom stereocenters. The average Bonchev–Trinajstić information content (AvgIpc) is 3.05. The zero-order valence-electron chi connectivity index (χ0n) is 18.2. The van der Waals surface area contributed by atoms with Crippen LogP contribution in [-0.2, 0) is 22.6 Å². The highest BCUT2D eigenvalue weighted by molar-refractivity contribution is 5.79. The summed E-state index contributed by atoms with van der Waals surface area (Å²) in [4.78, 5) is 26.4. The van der Waals surface area contributed by atoms with Gasteiger partial charge in [-0.1, -0.05) is 31.1 Å². The van der Waals surface area contributed by atoms with E-state index >= 15 is 0 Å². The fraction of sp³-hybridized carbons (Fsp3) is 0.522. The second kappa shape index (κ2) is 9.78. The number of carbonyl (C=O) groups excluding carboxylic acids is 2. The van der Waals surface area contributed by atoms with Crippen molar-refractivity contribution in [2.75, 3.05) is 13.1 Å². The van der Waals surface area contributed by atoms with E-state index in [1.165, 1.54) is 0 Å². The van der Waals surface area contributed by atoms with E-state index in [0.717, 1.165) is 41.2 Å². The fourth-order valence-corrected chi connectivity index (χ4v) is 3.64. The molecular weight excluding hydrogens is 382 g/mol. The molecule has 162 valence electrons. The second-order valence-corrected chi connectivity index (χ2v) is 8.23. The van der Waals surface area contributed by atoms with Crippen molar-refractivity contribution in [2.45, 2.75) is 59.6 Å². The minimum atomic E-state index is 0.00743. The van der Waals surface area contributed by atoms with Crippen LogP contribution in [0.3, 0.4) is 0 Å². The number of nitrogens with zero attached hydrogens (tertiary/aromatic N) is 2. The minimum absolute atomic E-state index is 0.00743. The van der Waals surface area contributed by atoms with Crippen LogP contribution in [0.15, 0.2) is 28.8 Å². The highest BCUT2D eigenvalue weighted by atomic mass is 16.5. The molecule has 30 heavy (non-hydrogen) atoms. The molecule has 0 unspecified atom stereocenters. The van der Waals surface area contributed by atoms with Crippen molar-refractivity contribution in [3.63, 3.8) is 0 Å². The maximum Gasteiger partial charge on any atom is 0.225 e. The van der Waals surface area contributed by atoms with E-state index < -0.39 is 0 Å². The first-order valence-corrected chi connectivity index (χ1v) is 10.5. The number of nitrogens with one attached hydrogen (secondary N) is 1. The van der Waals surface area contributed by atoms with E-state index in [9.17, 15) is 9.59 Å². The zero-order chi connectivity index (χ0) is 21.7. The van der Waals surface area contributed by atoms with Crippen molar-refractivity contribution in [2.24, 2.45) is 5.92 Å². The van der Waals surface area contributed by atoms with Crippen LogP contribution in [0.1, 0.15) is 49.3 Å². The van der Waals surface area contributed by atoms with Crippen LogP contribution in [0.4, 0.5) is 0 Å². The van der Waals surface area contributed by atoms with Gasteiger partial charge >= 0.3 is 0 Å². The number of hydrogen-bond donors (Lipinski definition) is 1. The first-order valence-electron chi connectivity index (χ1n) is 10.5. The number of likely N-dealkylation sites (tertiary alicyclic amines) is 1. The summed E-state index contributed by atoms with van der Waals surface area (Å²) < 4.78 is 10.9. The fourth-order valence-electron chi connectivity index (χ4n) is 3.64. The standard InChI is InChI=1S/C23H31N3O4/c1-15(2)23(28)26-11-9-19(10-12-26)24-22(27)13-18-5-7-20(8-6-18)29-14-21-16(3)25-30-17(21)4/h5-8,15,19H,9-14H2,1-4H3,(H,24,27). The van der Waals surface area contributed by atoms with Crippen LogP contribution in [0.2, 0.25) is 0 Å². The normalized spacial score (nSPS) is 14.8. The molecule has 2 amide bonds. The van der Waals surface area contributed by atoms with Crippen LogP contribution in [-0.4, -0.2) is 41.0 Å². The van der Waals surface area contributed by atoms with Gasteiger partial charge in [0.1, 0.15) is 18.1 Å². The Morgan fingerprint density at radius 3 is 2.43 bits per heavy atom. The quantitative estimate of drug-likeness (QED) is 0.754. The summed E-state index contributed by atoms with van der Waals surface area (Å²) in [6, 6.07) is 7.69. The van der Waals surface area contributed by atoms with Crippen LogP contribution in [0.25, 0.3) is 0 Å². The Morgan fingerprint density at radius 1 is 1.20 bits per heavy atom. The third-order valence-electron chi connectivity index (χ3n) is 5.52. The predicted molar refractivity (Wildman–Crippen MR) is 113 cm³/mol. The molecular formula is C23H31N3O4. The average molecular weight is 414 g/mol. The van der Waals surface area contributed by atoms with Gasteiger partial charge in [0.05, 0.1) is 17.7 Å². The molecule has 3 rings (SSSR count). The summed E-state index contributed by atoms with van der Waals surface area (Å²) in [6.45, 7) is 9.42. The molecule has 0 aliphatic carbocycles. The number of carbonyl (C=O) groups is 2. The third kappa shape index (κ3) is 5.62. The van der Waals surface area contributed by atoms with Gasteiger partial charge in [-0.25, -0.2) is 0 Å². The molecule has 1 aromatic heterocycles.